The Morgan fingerprint density at radius 3 is 2.62 bits per heavy atom. The Hall–Kier alpha value is -2.91. The normalized spacial score (nSPS) is 36.9. The number of aliphatic hydroxyl groups excluding tert-OH is 1. The Morgan fingerprint density at radius 1 is 1.06 bits per heavy atom. The van der Waals surface area contributed by atoms with Crippen molar-refractivity contribution in [3.63, 3.8) is 0 Å². The lowest BCUT2D eigenvalue weighted by Gasteiger charge is -2.30. The Labute approximate surface area is 185 Å². The maximum Gasteiger partial charge on any atom is 0.354 e. The summed E-state index contributed by atoms with van der Waals surface area (Å²) < 4.78 is 0. The van der Waals surface area contributed by atoms with Gasteiger partial charge in [0.05, 0.1) is 12.0 Å². The molecule has 0 spiro atoms. The SMILES string of the molecule is O=C(ON1C(=O)C2C(C1O)[C@H]1C=C[C@@H]2C1)[C@@H]1CC[C@@H]2CN1C(=O)N2OCc1ccccc1. The van der Waals surface area contributed by atoms with E-state index in [1.54, 1.807) is 0 Å². The molecule has 0 radical (unpaired) electrons. The summed E-state index contributed by atoms with van der Waals surface area (Å²) in [6.07, 6.45) is 4.79. The average Bonchev–Trinajstić information content (AvgIpc) is 3.54. The van der Waals surface area contributed by atoms with Crippen molar-refractivity contribution in [2.75, 3.05) is 6.54 Å². The number of hydrogen-bond acceptors (Lipinski definition) is 6. The van der Waals surface area contributed by atoms with Gasteiger partial charge in [0.2, 0.25) is 0 Å². The number of fused-ring (bicyclic) bond motifs is 7. The Balaban J connectivity index is 1.11. The molecule has 3 saturated heterocycles. The van der Waals surface area contributed by atoms with Gasteiger partial charge in [-0.1, -0.05) is 42.5 Å². The highest BCUT2D eigenvalue weighted by Gasteiger charge is 2.61. The highest BCUT2D eigenvalue weighted by Crippen LogP contribution is 2.54. The van der Waals surface area contributed by atoms with Crippen LogP contribution in [0, 0.1) is 23.7 Å². The van der Waals surface area contributed by atoms with Gasteiger partial charge in [-0.2, -0.15) is 5.06 Å². The number of carbonyl (C=O) groups excluding carboxylic acids is 3. The van der Waals surface area contributed by atoms with Crippen molar-refractivity contribution in [3.05, 3.63) is 48.0 Å². The van der Waals surface area contributed by atoms with Gasteiger partial charge in [-0.3, -0.25) is 9.63 Å². The van der Waals surface area contributed by atoms with Crippen LogP contribution in [0.5, 0.6) is 0 Å². The van der Waals surface area contributed by atoms with Crippen LogP contribution in [0.2, 0.25) is 0 Å². The van der Waals surface area contributed by atoms with Gasteiger partial charge < -0.3 is 14.8 Å². The van der Waals surface area contributed by atoms with Crippen molar-refractivity contribution >= 4 is 17.9 Å². The predicted molar refractivity (Wildman–Crippen MR) is 109 cm³/mol. The van der Waals surface area contributed by atoms with Crippen LogP contribution < -0.4 is 0 Å². The molecule has 3 aliphatic heterocycles. The molecule has 6 rings (SSSR count). The fourth-order valence-electron chi connectivity index (χ4n) is 6.07. The van der Waals surface area contributed by atoms with E-state index in [1.807, 2.05) is 42.5 Å². The molecule has 3 heterocycles. The third-order valence-electron chi connectivity index (χ3n) is 7.60. The lowest BCUT2D eigenvalue weighted by Crippen LogP contribution is -2.49. The molecular formula is C23H25N3O6. The van der Waals surface area contributed by atoms with E-state index in [9.17, 15) is 19.5 Å². The van der Waals surface area contributed by atoms with Crippen LogP contribution in [0.3, 0.4) is 0 Å². The zero-order valence-corrected chi connectivity index (χ0v) is 17.4. The number of hydrogen-bond donors (Lipinski definition) is 1. The number of allylic oxidation sites excluding steroid dienone is 2. The molecule has 1 saturated carbocycles. The minimum atomic E-state index is -1.15. The minimum absolute atomic E-state index is 0.0989. The fraction of sp³-hybridized carbons (Fsp3) is 0.522. The Bertz CT molecular complexity index is 983. The van der Waals surface area contributed by atoms with E-state index in [-0.39, 0.29) is 48.3 Å². The first kappa shape index (κ1) is 19.8. The number of amides is 3. The van der Waals surface area contributed by atoms with E-state index in [4.69, 9.17) is 9.68 Å². The topological polar surface area (TPSA) is 99.6 Å². The molecule has 9 nitrogen and oxygen atoms in total. The second-order valence-corrected chi connectivity index (χ2v) is 9.31. The molecule has 0 aromatic heterocycles. The highest BCUT2D eigenvalue weighted by molar-refractivity contribution is 5.88. The van der Waals surface area contributed by atoms with E-state index in [0.717, 1.165) is 17.0 Å². The summed E-state index contributed by atoms with van der Waals surface area (Å²) in [5, 5.41) is 12.9. The molecule has 2 aliphatic carbocycles. The molecule has 4 fully saturated rings. The van der Waals surface area contributed by atoms with Crippen LogP contribution in [-0.4, -0.2) is 62.9 Å². The molecule has 1 N–H and O–H groups in total. The van der Waals surface area contributed by atoms with Crippen molar-refractivity contribution in [1.29, 1.82) is 0 Å². The van der Waals surface area contributed by atoms with E-state index in [0.29, 0.717) is 19.4 Å². The number of nitrogens with zero attached hydrogens (tertiary/aromatic N) is 3. The van der Waals surface area contributed by atoms with Gasteiger partial charge in [-0.05, 0) is 36.7 Å². The van der Waals surface area contributed by atoms with Crippen molar-refractivity contribution in [3.8, 4) is 0 Å². The van der Waals surface area contributed by atoms with Crippen LogP contribution in [0.1, 0.15) is 24.8 Å². The Kier molecular flexibility index (Phi) is 4.51. The lowest BCUT2D eigenvalue weighted by molar-refractivity contribution is -0.229. The minimum Gasteiger partial charge on any atom is -0.370 e. The molecule has 32 heavy (non-hydrogen) atoms. The van der Waals surface area contributed by atoms with E-state index in [2.05, 4.69) is 0 Å². The van der Waals surface area contributed by atoms with Crippen molar-refractivity contribution in [2.24, 2.45) is 23.7 Å². The van der Waals surface area contributed by atoms with Gasteiger partial charge >= 0.3 is 12.0 Å². The van der Waals surface area contributed by atoms with Gasteiger partial charge in [0.25, 0.3) is 5.91 Å². The summed E-state index contributed by atoms with van der Waals surface area (Å²) in [6.45, 7) is 0.628. The summed E-state index contributed by atoms with van der Waals surface area (Å²) in [5.74, 6) is -1.37. The summed E-state index contributed by atoms with van der Waals surface area (Å²) in [7, 11) is 0. The maximum atomic E-state index is 13.0. The van der Waals surface area contributed by atoms with Crippen LogP contribution in [-0.2, 0) is 25.9 Å². The number of benzene rings is 1. The molecular weight excluding hydrogens is 414 g/mol. The molecule has 1 aromatic carbocycles. The van der Waals surface area contributed by atoms with Crippen LogP contribution in [0.4, 0.5) is 4.79 Å². The number of carbonyl (C=O) groups is 3. The maximum absolute atomic E-state index is 13.0. The zero-order valence-electron chi connectivity index (χ0n) is 17.4. The molecule has 9 heteroatoms. The molecule has 5 aliphatic rings. The second kappa shape index (κ2) is 7.31. The van der Waals surface area contributed by atoms with Crippen LogP contribution >= 0.6 is 0 Å². The lowest BCUT2D eigenvalue weighted by atomic mass is 9.85. The quantitative estimate of drug-likeness (QED) is 0.697. The zero-order chi connectivity index (χ0) is 22.0. The smallest absolute Gasteiger partial charge is 0.354 e. The second-order valence-electron chi connectivity index (χ2n) is 9.31. The van der Waals surface area contributed by atoms with E-state index < -0.39 is 18.2 Å². The van der Waals surface area contributed by atoms with Gasteiger partial charge in [-0.15, -0.1) is 5.06 Å². The van der Waals surface area contributed by atoms with Crippen molar-refractivity contribution < 1.29 is 29.2 Å². The summed E-state index contributed by atoms with van der Waals surface area (Å²) in [5.41, 5.74) is 0.947. The van der Waals surface area contributed by atoms with Gasteiger partial charge in [-0.25, -0.2) is 9.59 Å². The van der Waals surface area contributed by atoms with Gasteiger partial charge in [0, 0.05) is 12.5 Å². The fourth-order valence-corrected chi connectivity index (χ4v) is 6.07. The number of urea groups is 1. The van der Waals surface area contributed by atoms with Crippen LogP contribution in [0.15, 0.2) is 42.5 Å². The first-order valence-electron chi connectivity index (χ1n) is 11.2. The van der Waals surface area contributed by atoms with Crippen molar-refractivity contribution in [2.45, 2.75) is 44.2 Å². The third kappa shape index (κ3) is 2.87. The number of aliphatic hydroxyl groups is 1. The monoisotopic (exact) mass is 439 g/mol. The van der Waals surface area contributed by atoms with E-state index >= 15 is 0 Å². The molecule has 4 bridgehead atoms. The molecule has 3 unspecified atom stereocenters. The molecule has 3 amide bonds. The Morgan fingerprint density at radius 2 is 1.84 bits per heavy atom. The van der Waals surface area contributed by atoms with E-state index in [1.165, 1.54) is 9.96 Å². The predicted octanol–water partition coefficient (Wildman–Crippen LogP) is 1.44. The van der Waals surface area contributed by atoms with Gasteiger partial charge in [0.1, 0.15) is 12.6 Å². The third-order valence-corrected chi connectivity index (χ3v) is 7.60. The largest absolute Gasteiger partial charge is 0.370 e. The number of hydroxylamine groups is 4. The first-order valence-corrected chi connectivity index (χ1v) is 11.2. The molecule has 168 valence electrons. The summed E-state index contributed by atoms with van der Waals surface area (Å²) in [4.78, 5) is 51.4. The highest BCUT2D eigenvalue weighted by atomic mass is 16.7. The van der Waals surface area contributed by atoms with Crippen LogP contribution in [0.25, 0.3) is 0 Å². The van der Waals surface area contributed by atoms with Crippen molar-refractivity contribution in [1.82, 2.24) is 15.0 Å². The standard InChI is InChI=1S/C23H25N3O6/c27-20-18-14-6-7-15(10-14)19(18)21(28)26(20)32-22(29)17-9-8-16-11-24(17)23(30)25(16)31-12-13-4-2-1-3-5-13/h1-7,14-20,27H,8-12H2/t14-,15+,16+,17-,18?,19?,20?/m0/s1. The molecule has 1 aromatic rings. The first-order chi connectivity index (χ1) is 15.5. The molecule has 7 atom stereocenters. The van der Waals surface area contributed by atoms with Gasteiger partial charge in [0.15, 0.2) is 6.23 Å². The average molecular weight is 439 g/mol. The number of rotatable bonds is 5. The number of piperidine rings is 1. The summed E-state index contributed by atoms with van der Waals surface area (Å²) >= 11 is 0. The summed E-state index contributed by atoms with van der Waals surface area (Å²) in [6, 6.07) is 8.25.